The zero-order valence-electron chi connectivity index (χ0n) is 11.9. The number of aliphatic hydroxyl groups is 1. The monoisotopic (exact) mass is 286 g/mol. The molecule has 0 aliphatic heterocycles. The fraction of sp³-hybridized carbons (Fsp3) is 0.312. The average molecular weight is 286 g/mol. The lowest BCUT2D eigenvalue weighted by molar-refractivity contribution is 0.276. The smallest absolute Gasteiger partial charge is 0.194 e. The summed E-state index contributed by atoms with van der Waals surface area (Å²) >= 11 is 1.60. The van der Waals surface area contributed by atoms with E-state index in [1.54, 1.807) is 17.5 Å². The van der Waals surface area contributed by atoms with Crippen LogP contribution in [0, 0.1) is 0 Å². The molecule has 1 aromatic carbocycles. The maximum atomic E-state index is 9.41. The largest absolute Gasteiger partial charge is 0.390 e. The molecule has 2 aromatic heterocycles. The second-order valence-corrected chi connectivity index (χ2v) is 6.81. The maximum Gasteiger partial charge on any atom is 0.194 e. The van der Waals surface area contributed by atoms with Gasteiger partial charge in [-0.1, -0.05) is 45.0 Å². The van der Waals surface area contributed by atoms with Crippen LogP contribution in [0.15, 0.2) is 35.8 Å². The molecule has 3 nitrogen and oxygen atoms in total. The van der Waals surface area contributed by atoms with Crippen molar-refractivity contribution < 1.29 is 5.11 Å². The van der Waals surface area contributed by atoms with Gasteiger partial charge in [0.1, 0.15) is 0 Å². The zero-order chi connectivity index (χ0) is 14.3. The quantitative estimate of drug-likeness (QED) is 0.777. The van der Waals surface area contributed by atoms with E-state index in [-0.39, 0.29) is 12.0 Å². The number of aromatic nitrogens is 2. The Morgan fingerprint density at radius 1 is 1.20 bits per heavy atom. The molecule has 0 saturated heterocycles. The summed E-state index contributed by atoms with van der Waals surface area (Å²) in [6, 6.07) is 8.63. The summed E-state index contributed by atoms with van der Waals surface area (Å²) in [7, 11) is 0. The fourth-order valence-corrected chi connectivity index (χ4v) is 3.21. The Morgan fingerprint density at radius 3 is 2.50 bits per heavy atom. The second-order valence-electron chi connectivity index (χ2n) is 5.97. The predicted octanol–water partition coefficient (Wildman–Crippen LogP) is 3.85. The van der Waals surface area contributed by atoms with E-state index in [0.717, 1.165) is 21.9 Å². The van der Waals surface area contributed by atoms with Crippen LogP contribution in [0.5, 0.6) is 0 Å². The van der Waals surface area contributed by atoms with Gasteiger partial charge in [-0.2, -0.15) is 0 Å². The van der Waals surface area contributed by atoms with E-state index in [1.807, 2.05) is 4.40 Å². The molecule has 0 radical (unpaired) electrons. The Labute approximate surface area is 122 Å². The van der Waals surface area contributed by atoms with Gasteiger partial charge >= 0.3 is 0 Å². The Bertz CT molecular complexity index is 732. The van der Waals surface area contributed by atoms with Crippen LogP contribution in [0.2, 0.25) is 0 Å². The number of nitrogens with zero attached hydrogens (tertiary/aromatic N) is 2. The molecule has 0 spiro atoms. The van der Waals surface area contributed by atoms with Crippen LogP contribution in [0.3, 0.4) is 0 Å². The van der Waals surface area contributed by atoms with Crippen LogP contribution in [-0.2, 0) is 12.0 Å². The molecule has 1 N–H and O–H groups in total. The number of aliphatic hydroxyl groups excluding tert-OH is 1. The van der Waals surface area contributed by atoms with E-state index in [1.165, 1.54) is 5.56 Å². The highest BCUT2D eigenvalue weighted by atomic mass is 32.1. The first kappa shape index (κ1) is 13.3. The number of hydrogen-bond acceptors (Lipinski definition) is 3. The van der Waals surface area contributed by atoms with Crippen molar-refractivity contribution in [3.8, 4) is 11.3 Å². The van der Waals surface area contributed by atoms with E-state index < -0.39 is 0 Å². The van der Waals surface area contributed by atoms with Crippen LogP contribution in [0.25, 0.3) is 16.2 Å². The molecule has 20 heavy (non-hydrogen) atoms. The van der Waals surface area contributed by atoms with Crippen LogP contribution in [-0.4, -0.2) is 14.5 Å². The van der Waals surface area contributed by atoms with Crippen molar-refractivity contribution in [1.29, 1.82) is 0 Å². The van der Waals surface area contributed by atoms with Crippen LogP contribution >= 0.6 is 11.3 Å². The fourth-order valence-electron chi connectivity index (χ4n) is 2.32. The minimum absolute atomic E-state index is 0.00494. The summed E-state index contributed by atoms with van der Waals surface area (Å²) in [5.41, 5.74) is 4.55. The van der Waals surface area contributed by atoms with Crippen LogP contribution in [0.1, 0.15) is 32.0 Å². The lowest BCUT2D eigenvalue weighted by atomic mass is 9.86. The first-order valence-corrected chi connectivity index (χ1v) is 7.54. The van der Waals surface area contributed by atoms with Crippen molar-refractivity contribution in [2.24, 2.45) is 0 Å². The van der Waals surface area contributed by atoms with E-state index in [9.17, 15) is 5.11 Å². The van der Waals surface area contributed by atoms with Crippen molar-refractivity contribution in [3.05, 3.63) is 47.1 Å². The topological polar surface area (TPSA) is 37.5 Å². The standard InChI is InChI=1S/C16H18N2OS/c1-16(2,3)12-6-4-11(5-7-12)14-10-20-15-17-8-13(9-19)18(14)15/h4-8,10,19H,9H2,1-3H3. The third-order valence-corrected chi connectivity index (χ3v) is 4.37. The van der Waals surface area contributed by atoms with Crippen molar-refractivity contribution in [1.82, 2.24) is 9.38 Å². The second kappa shape index (κ2) is 4.72. The van der Waals surface area contributed by atoms with Gasteiger partial charge in [0.05, 0.1) is 24.2 Å². The Kier molecular flexibility index (Phi) is 3.15. The highest BCUT2D eigenvalue weighted by Gasteiger charge is 2.15. The molecule has 0 unspecified atom stereocenters. The molecule has 2 heterocycles. The van der Waals surface area contributed by atoms with Gasteiger partial charge in [-0.3, -0.25) is 4.40 Å². The van der Waals surface area contributed by atoms with Gasteiger partial charge in [-0.05, 0) is 16.5 Å². The molecule has 0 atom stereocenters. The van der Waals surface area contributed by atoms with E-state index in [0.29, 0.717) is 0 Å². The molecule has 0 bridgehead atoms. The predicted molar refractivity (Wildman–Crippen MR) is 83.1 cm³/mol. The Morgan fingerprint density at radius 2 is 1.90 bits per heavy atom. The number of benzene rings is 1. The van der Waals surface area contributed by atoms with E-state index >= 15 is 0 Å². The molecule has 3 rings (SSSR count). The average Bonchev–Trinajstić information content (AvgIpc) is 2.98. The summed E-state index contributed by atoms with van der Waals surface area (Å²) in [4.78, 5) is 5.23. The molecule has 0 aliphatic rings. The highest BCUT2D eigenvalue weighted by Crippen LogP contribution is 2.29. The van der Waals surface area contributed by atoms with Gasteiger partial charge in [0.25, 0.3) is 0 Å². The third kappa shape index (κ3) is 2.15. The number of rotatable bonds is 2. The van der Waals surface area contributed by atoms with Gasteiger partial charge in [-0.15, -0.1) is 11.3 Å². The van der Waals surface area contributed by atoms with Gasteiger partial charge < -0.3 is 5.11 Å². The summed E-state index contributed by atoms with van der Waals surface area (Å²) < 4.78 is 2.02. The molecule has 0 amide bonds. The normalized spacial score (nSPS) is 12.2. The highest BCUT2D eigenvalue weighted by molar-refractivity contribution is 7.15. The molecule has 4 heteroatoms. The summed E-state index contributed by atoms with van der Waals surface area (Å²) in [5.74, 6) is 0. The van der Waals surface area contributed by atoms with Crippen molar-refractivity contribution in [3.63, 3.8) is 0 Å². The number of thiazole rings is 1. The first-order valence-electron chi connectivity index (χ1n) is 6.66. The van der Waals surface area contributed by atoms with Crippen molar-refractivity contribution in [2.75, 3.05) is 0 Å². The van der Waals surface area contributed by atoms with Gasteiger partial charge in [0.15, 0.2) is 4.96 Å². The lowest BCUT2D eigenvalue weighted by Crippen LogP contribution is -2.10. The number of fused-ring (bicyclic) bond motifs is 1. The minimum Gasteiger partial charge on any atom is -0.390 e. The summed E-state index contributed by atoms with van der Waals surface area (Å²) in [5, 5.41) is 11.5. The van der Waals surface area contributed by atoms with E-state index in [2.05, 4.69) is 55.4 Å². The summed E-state index contributed by atoms with van der Waals surface area (Å²) in [6.07, 6.45) is 1.73. The SMILES string of the molecule is CC(C)(C)c1ccc(-c2csc3ncc(CO)n23)cc1. The zero-order valence-corrected chi connectivity index (χ0v) is 12.7. The van der Waals surface area contributed by atoms with Gasteiger partial charge in [-0.25, -0.2) is 4.98 Å². The number of hydrogen-bond donors (Lipinski definition) is 1. The van der Waals surface area contributed by atoms with Crippen LogP contribution < -0.4 is 0 Å². The number of imidazole rings is 1. The van der Waals surface area contributed by atoms with Gasteiger partial charge in [0, 0.05) is 5.38 Å². The Hall–Kier alpha value is -1.65. The first-order chi connectivity index (χ1) is 9.50. The molecule has 104 valence electrons. The Balaban J connectivity index is 2.09. The van der Waals surface area contributed by atoms with E-state index in [4.69, 9.17) is 0 Å². The van der Waals surface area contributed by atoms with Crippen LogP contribution in [0.4, 0.5) is 0 Å². The molecule has 0 fully saturated rings. The minimum atomic E-state index is 0.00494. The summed E-state index contributed by atoms with van der Waals surface area (Å²) in [6.45, 7) is 6.64. The lowest BCUT2D eigenvalue weighted by Gasteiger charge is -2.19. The van der Waals surface area contributed by atoms with Crippen molar-refractivity contribution in [2.45, 2.75) is 32.8 Å². The third-order valence-electron chi connectivity index (χ3n) is 3.53. The van der Waals surface area contributed by atoms with Crippen molar-refractivity contribution >= 4 is 16.3 Å². The molecule has 0 saturated carbocycles. The molecule has 3 aromatic rings. The van der Waals surface area contributed by atoms with Gasteiger partial charge in [0.2, 0.25) is 0 Å². The molecular formula is C16H18N2OS. The molecular weight excluding hydrogens is 268 g/mol. The molecule has 0 aliphatic carbocycles. The maximum absolute atomic E-state index is 9.41.